The monoisotopic (exact) mass is 307 g/mol. The Hall–Kier alpha value is -1.27. The third-order valence-electron chi connectivity index (χ3n) is 2.12. The van der Waals surface area contributed by atoms with Crippen LogP contribution in [-0.2, 0) is 6.18 Å². The fraction of sp³-hybridized carbons (Fsp3) is 0.0833. The van der Waals surface area contributed by atoms with E-state index in [2.05, 4.69) is 4.98 Å². The molecule has 0 saturated carbocycles. The summed E-state index contributed by atoms with van der Waals surface area (Å²) in [5.74, 6) is -0.469. The van der Waals surface area contributed by atoms with Crippen molar-refractivity contribution in [2.45, 2.75) is 16.1 Å². The summed E-state index contributed by atoms with van der Waals surface area (Å²) in [6.45, 7) is 0. The van der Waals surface area contributed by atoms with Gasteiger partial charge in [0.15, 0.2) is 0 Å². The third kappa shape index (κ3) is 3.84. The lowest BCUT2D eigenvalue weighted by molar-refractivity contribution is -0.137. The molecule has 2 rings (SSSR count). The second kappa shape index (κ2) is 5.38. The molecule has 0 saturated heterocycles. The van der Waals surface area contributed by atoms with Crippen LogP contribution in [0.4, 0.5) is 17.6 Å². The quantitative estimate of drug-likeness (QED) is 0.569. The van der Waals surface area contributed by atoms with Gasteiger partial charge < -0.3 is 0 Å². The summed E-state index contributed by atoms with van der Waals surface area (Å²) in [6.07, 6.45) is -4.50. The lowest BCUT2D eigenvalue weighted by atomic mass is 10.3. The molecule has 19 heavy (non-hydrogen) atoms. The second-order valence-electron chi connectivity index (χ2n) is 3.57. The molecule has 0 N–H and O–H groups in total. The molecule has 0 aliphatic carbocycles. The van der Waals surface area contributed by atoms with Gasteiger partial charge in [-0.1, -0.05) is 29.4 Å². The highest BCUT2D eigenvalue weighted by molar-refractivity contribution is 7.99. The van der Waals surface area contributed by atoms with Gasteiger partial charge >= 0.3 is 6.18 Å². The first kappa shape index (κ1) is 14.1. The van der Waals surface area contributed by atoms with Crippen LogP contribution >= 0.6 is 23.4 Å². The summed E-state index contributed by atoms with van der Waals surface area (Å²) >= 11 is 6.47. The smallest absolute Gasteiger partial charge is 0.229 e. The van der Waals surface area contributed by atoms with Crippen molar-refractivity contribution in [2.75, 3.05) is 0 Å². The van der Waals surface area contributed by atoms with Crippen LogP contribution in [-0.4, -0.2) is 4.98 Å². The molecule has 1 nitrogen and oxygen atoms in total. The molecule has 1 aromatic carbocycles. The minimum Gasteiger partial charge on any atom is -0.229 e. The summed E-state index contributed by atoms with van der Waals surface area (Å²) in [6, 6.07) is 7.12. The Kier molecular flexibility index (Phi) is 4.01. The van der Waals surface area contributed by atoms with Crippen molar-refractivity contribution in [3.63, 3.8) is 0 Å². The van der Waals surface area contributed by atoms with Crippen LogP contribution in [0.5, 0.6) is 0 Å². The molecule has 1 heterocycles. The van der Waals surface area contributed by atoms with Crippen molar-refractivity contribution in [2.24, 2.45) is 0 Å². The Morgan fingerprint density at radius 3 is 2.47 bits per heavy atom. The second-order valence-corrected chi connectivity index (χ2v) is 5.06. The van der Waals surface area contributed by atoms with Crippen molar-refractivity contribution >= 4 is 23.4 Å². The fourth-order valence-corrected chi connectivity index (χ4v) is 2.49. The predicted molar refractivity (Wildman–Crippen MR) is 64.8 cm³/mol. The Balaban J connectivity index is 2.33. The number of nitrogens with zero attached hydrogens (tertiary/aromatic N) is 1. The molecule has 100 valence electrons. The molecule has 2 aromatic rings. The number of halogens is 5. The lowest BCUT2D eigenvalue weighted by Gasteiger charge is -2.09. The van der Waals surface area contributed by atoms with E-state index in [1.165, 1.54) is 18.2 Å². The van der Waals surface area contributed by atoms with E-state index in [4.69, 9.17) is 11.6 Å². The van der Waals surface area contributed by atoms with Gasteiger partial charge in [0.1, 0.15) is 16.0 Å². The highest BCUT2D eigenvalue weighted by Gasteiger charge is 2.31. The standard InChI is InChI=1S/C12H6ClF4NS/c13-10-4-7(12(15,16)17)5-11(18-10)19-9-3-1-2-8(14)6-9/h1-6H. The van der Waals surface area contributed by atoms with Crippen LogP contribution in [0.3, 0.4) is 0 Å². The maximum absolute atomic E-state index is 13.0. The third-order valence-corrected chi connectivity index (χ3v) is 3.22. The van der Waals surface area contributed by atoms with Gasteiger partial charge in [-0.25, -0.2) is 9.37 Å². The molecule has 0 bridgehead atoms. The number of hydrogen-bond donors (Lipinski definition) is 0. The molecule has 0 aliphatic heterocycles. The average molecular weight is 308 g/mol. The molecular weight excluding hydrogens is 302 g/mol. The number of pyridine rings is 1. The van der Waals surface area contributed by atoms with Crippen LogP contribution in [0.15, 0.2) is 46.3 Å². The van der Waals surface area contributed by atoms with Gasteiger partial charge in [0, 0.05) is 4.90 Å². The Morgan fingerprint density at radius 2 is 1.84 bits per heavy atom. The Morgan fingerprint density at radius 1 is 1.11 bits per heavy atom. The molecule has 0 spiro atoms. The largest absolute Gasteiger partial charge is 0.416 e. The molecular formula is C12H6ClF4NS. The van der Waals surface area contributed by atoms with Crippen LogP contribution in [0.2, 0.25) is 5.15 Å². The van der Waals surface area contributed by atoms with Crippen molar-refractivity contribution < 1.29 is 17.6 Å². The maximum atomic E-state index is 13.0. The first-order valence-electron chi connectivity index (χ1n) is 5.03. The van der Waals surface area contributed by atoms with Gasteiger partial charge in [-0.3, -0.25) is 0 Å². The number of aromatic nitrogens is 1. The summed E-state index contributed by atoms with van der Waals surface area (Å²) in [5.41, 5.74) is -0.883. The summed E-state index contributed by atoms with van der Waals surface area (Å²) in [4.78, 5) is 4.23. The molecule has 0 aliphatic rings. The molecule has 0 atom stereocenters. The van der Waals surface area contributed by atoms with Gasteiger partial charge in [0.2, 0.25) is 0 Å². The van der Waals surface area contributed by atoms with Crippen molar-refractivity contribution in [1.29, 1.82) is 0 Å². The first-order valence-corrected chi connectivity index (χ1v) is 6.22. The molecule has 0 fully saturated rings. The fourth-order valence-electron chi connectivity index (χ4n) is 1.34. The van der Waals surface area contributed by atoms with E-state index in [0.717, 1.165) is 23.9 Å². The zero-order valence-corrected chi connectivity index (χ0v) is 10.8. The van der Waals surface area contributed by atoms with Gasteiger partial charge in [-0.05, 0) is 30.3 Å². The van der Waals surface area contributed by atoms with Crippen LogP contribution in [0.25, 0.3) is 0 Å². The van der Waals surface area contributed by atoms with Crippen LogP contribution in [0, 0.1) is 5.82 Å². The van der Waals surface area contributed by atoms with E-state index < -0.39 is 17.6 Å². The van der Waals surface area contributed by atoms with E-state index in [9.17, 15) is 17.6 Å². The first-order chi connectivity index (χ1) is 8.84. The SMILES string of the molecule is Fc1cccc(Sc2cc(C(F)(F)F)cc(Cl)n2)c1. The summed E-state index contributed by atoms with van der Waals surface area (Å²) < 4.78 is 50.8. The van der Waals surface area contributed by atoms with Crippen molar-refractivity contribution in [3.8, 4) is 0 Å². The molecule has 1 aromatic heterocycles. The van der Waals surface area contributed by atoms with E-state index in [1.54, 1.807) is 6.07 Å². The molecule has 7 heteroatoms. The summed E-state index contributed by atoms with van der Waals surface area (Å²) in [5, 5.41) is -0.195. The maximum Gasteiger partial charge on any atom is 0.416 e. The Labute approximate surface area is 115 Å². The van der Waals surface area contributed by atoms with Crippen molar-refractivity contribution in [1.82, 2.24) is 4.98 Å². The van der Waals surface area contributed by atoms with Crippen molar-refractivity contribution in [3.05, 3.63) is 52.9 Å². The molecule has 0 unspecified atom stereocenters. The number of benzene rings is 1. The number of alkyl halides is 3. The van der Waals surface area contributed by atoms with Crippen LogP contribution in [0.1, 0.15) is 5.56 Å². The highest BCUT2D eigenvalue weighted by atomic mass is 35.5. The van der Waals surface area contributed by atoms with Gasteiger partial charge in [0.05, 0.1) is 5.56 Å². The topological polar surface area (TPSA) is 12.9 Å². The average Bonchev–Trinajstić information content (AvgIpc) is 2.26. The zero-order valence-electron chi connectivity index (χ0n) is 9.21. The summed E-state index contributed by atoms with van der Waals surface area (Å²) in [7, 11) is 0. The highest BCUT2D eigenvalue weighted by Crippen LogP contribution is 2.35. The minimum absolute atomic E-state index is 0.0606. The normalized spacial score (nSPS) is 11.6. The minimum atomic E-state index is -4.50. The van der Waals surface area contributed by atoms with Gasteiger partial charge in [-0.15, -0.1) is 0 Å². The molecule has 0 amide bonds. The molecule has 0 radical (unpaired) electrons. The van der Waals surface area contributed by atoms with E-state index >= 15 is 0 Å². The number of hydrogen-bond acceptors (Lipinski definition) is 2. The van der Waals surface area contributed by atoms with Gasteiger partial charge in [0.25, 0.3) is 0 Å². The Bertz CT molecular complexity index is 601. The van der Waals surface area contributed by atoms with Crippen LogP contribution < -0.4 is 0 Å². The number of rotatable bonds is 2. The predicted octanol–water partition coefficient (Wildman–Crippen LogP) is 5.04. The van der Waals surface area contributed by atoms with E-state index in [-0.39, 0.29) is 10.2 Å². The lowest BCUT2D eigenvalue weighted by Crippen LogP contribution is -2.05. The van der Waals surface area contributed by atoms with E-state index in [1.807, 2.05) is 0 Å². The zero-order chi connectivity index (χ0) is 14.0. The van der Waals surface area contributed by atoms with E-state index in [0.29, 0.717) is 4.90 Å². The van der Waals surface area contributed by atoms with Gasteiger partial charge in [-0.2, -0.15) is 13.2 Å².